The summed E-state index contributed by atoms with van der Waals surface area (Å²) in [7, 11) is 0. The van der Waals surface area contributed by atoms with Gasteiger partial charge in [-0.15, -0.1) is 0 Å². The predicted molar refractivity (Wildman–Crippen MR) is 92.3 cm³/mol. The molecule has 2 amide bonds. The van der Waals surface area contributed by atoms with Gasteiger partial charge in [-0.25, -0.2) is 4.39 Å². The molecule has 0 aliphatic carbocycles. The molecule has 0 unspecified atom stereocenters. The number of rotatable bonds is 6. The van der Waals surface area contributed by atoms with Crippen molar-refractivity contribution in [3.05, 3.63) is 66.2 Å². The van der Waals surface area contributed by atoms with Crippen LogP contribution in [-0.2, 0) is 16.0 Å². The summed E-state index contributed by atoms with van der Waals surface area (Å²) in [6, 6.07) is 17.3. The minimum absolute atomic E-state index is 0.279. The quantitative estimate of drug-likeness (QED) is 0.856. The molecule has 0 heterocycles. The standard InChI is InChI=1S/C19H21FN2O2/c1-19(2,20)18(24)22-16(13-14-9-5-3-6-10-14)17(23)21-15-11-7-4-8-12-15/h3-12,16H,13H2,1-2H3,(H,21,23)(H,22,24)/t16-/m1/s1. The Hall–Kier alpha value is -2.69. The van der Waals surface area contributed by atoms with Crippen LogP contribution in [0.25, 0.3) is 0 Å². The highest BCUT2D eigenvalue weighted by Crippen LogP contribution is 2.12. The zero-order chi connectivity index (χ0) is 17.6. The van der Waals surface area contributed by atoms with Gasteiger partial charge in [0, 0.05) is 12.1 Å². The van der Waals surface area contributed by atoms with Crippen LogP contribution in [-0.4, -0.2) is 23.5 Å². The summed E-state index contributed by atoms with van der Waals surface area (Å²) >= 11 is 0. The van der Waals surface area contributed by atoms with Gasteiger partial charge in [0.1, 0.15) is 6.04 Å². The first-order valence-corrected chi connectivity index (χ1v) is 7.76. The van der Waals surface area contributed by atoms with E-state index in [9.17, 15) is 14.0 Å². The van der Waals surface area contributed by atoms with Crippen LogP contribution in [0.15, 0.2) is 60.7 Å². The van der Waals surface area contributed by atoms with Gasteiger partial charge in [0.25, 0.3) is 5.91 Å². The van der Waals surface area contributed by atoms with Crippen molar-refractivity contribution in [2.75, 3.05) is 5.32 Å². The number of para-hydroxylation sites is 1. The first-order chi connectivity index (χ1) is 11.4. The van der Waals surface area contributed by atoms with Gasteiger partial charge in [0.2, 0.25) is 5.91 Å². The maximum absolute atomic E-state index is 13.8. The molecule has 0 spiro atoms. The van der Waals surface area contributed by atoms with Crippen molar-refractivity contribution >= 4 is 17.5 Å². The second-order valence-electron chi connectivity index (χ2n) is 6.04. The lowest BCUT2D eigenvalue weighted by Crippen LogP contribution is -2.50. The lowest BCUT2D eigenvalue weighted by Gasteiger charge is -2.22. The van der Waals surface area contributed by atoms with Crippen molar-refractivity contribution < 1.29 is 14.0 Å². The predicted octanol–water partition coefficient (Wildman–Crippen LogP) is 3.10. The number of benzene rings is 2. The molecule has 5 heteroatoms. The third-order valence-corrected chi connectivity index (χ3v) is 3.49. The van der Waals surface area contributed by atoms with Gasteiger partial charge in [0.15, 0.2) is 5.67 Å². The van der Waals surface area contributed by atoms with Crippen LogP contribution in [0.4, 0.5) is 10.1 Å². The van der Waals surface area contributed by atoms with E-state index in [0.717, 1.165) is 19.4 Å². The topological polar surface area (TPSA) is 58.2 Å². The number of carbonyl (C=O) groups is 2. The lowest BCUT2D eigenvalue weighted by molar-refractivity contribution is -0.133. The van der Waals surface area contributed by atoms with E-state index in [1.54, 1.807) is 24.3 Å². The van der Waals surface area contributed by atoms with Crippen LogP contribution in [0.1, 0.15) is 19.4 Å². The molecule has 2 aromatic rings. The number of carbonyl (C=O) groups excluding carboxylic acids is 2. The van der Waals surface area contributed by atoms with Crippen molar-refractivity contribution in [2.24, 2.45) is 0 Å². The maximum Gasteiger partial charge on any atom is 0.257 e. The van der Waals surface area contributed by atoms with Crippen LogP contribution in [0.2, 0.25) is 0 Å². The largest absolute Gasteiger partial charge is 0.341 e. The first-order valence-electron chi connectivity index (χ1n) is 7.76. The average molecular weight is 328 g/mol. The summed E-state index contributed by atoms with van der Waals surface area (Å²) in [5.41, 5.74) is -0.556. The normalized spacial score (nSPS) is 12.3. The average Bonchev–Trinajstić information content (AvgIpc) is 2.55. The van der Waals surface area contributed by atoms with Crippen LogP contribution in [0, 0.1) is 0 Å². The molecule has 0 saturated heterocycles. The van der Waals surface area contributed by atoms with Crippen molar-refractivity contribution in [2.45, 2.75) is 32.0 Å². The van der Waals surface area contributed by atoms with E-state index in [4.69, 9.17) is 0 Å². The summed E-state index contributed by atoms with van der Waals surface area (Å²) in [6.45, 7) is 2.33. The smallest absolute Gasteiger partial charge is 0.257 e. The second kappa shape index (κ2) is 7.73. The molecular weight excluding hydrogens is 307 g/mol. The maximum atomic E-state index is 13.8. The van der Waals surface area contributed by atoms with E-state index in [0.29, 0.717) is 5.69 Å². The Morgan fingerprint density at radius 3 is 2.08 bits per heavy atom. The molecule has 2 aromatic carbocycles. The molecule has 24 heavy (non-hydrogen) atoms. The third kappa shape index (κ3) is 5.19. The van der Waals surface area contributed by atoms with Gasteiger partial charge in [-0.2, -0.15) is 0 Å². The Kier molecular flexibility index (Phi) is 5.68. The van der Waals surface area contributed by atoms with Crippen LogP contribution in [0.5, 0.6) is 0 Å². The number of hydrogen-bond donors (Lipinski definition) is 2. The molecule has 0 aliphatic rings. The summed E-state index contributed by atoms with van der Waals surface area (Å²) in [5.74, 6) is -1.20. The van der Waals surface area contributed by atoms with Gasteiger partial charge in [0.05, 0.1) is 0 Å². The molecule has 0 saturated carbocycles. The SMILES string of the molecule is CC(C)(F)C(=O)N[C@H](Cc1ccccc1)C(=O)Nc1ccccc1. The third-order valence-electron chi connectivity index (χ3n) is 3.49. The molecule has 2 N–H and O–H groups in total. The number of alkyl halides is 1. The highest BCUT2D eigenvalue weighted by Gasteiger charge is 2.31. The van der Waals surface area contributed by atoms with Crippen molar-refractivity contribution in [1.29, 1.82) is 0 Å². The summed E-state index contributed by atoms with van der Waals surface area (Å²) in [6.07, 6.45) is 0.279. The fraction of sp³-hybridized carbons (Fsp3) is 0.263. The molecule has 0 aliphatic heterocycles. The van der Waals surface area contributed by atoms with Gasteiger partial charge in [-0.3, -0.25) is 9.59 Å². The van der Waals surface area contributed by atoms with E-state index in [2.05, 4.69) is 10.6 Å². The highest BCUT2D eigenvalue weighted by molar-refractivity contribution is 5.98. The van der Waals surface area contributed by atoms with Crippen molar-refractivity contribution in [3.8, 4) is 0 Å². The minimum atomic E-state index is -2.05. The van der Waals surface area contributed by atoms with Gasteiger partial charge in [-0.05, 0) is 31.5 Å². The number of anilines is 1. The van der Waals surface area contributed by atoms with E-state index in [-0.39, 0.29) is 12.3 Å². The zero-order valence-corrected chi connectivity index (χ0v) is 13.8. The van der Waals surface area contributed by atoms with Gasteiger partial charge in [-0.1, -0.05) is 48.5 Å². The number of hydrogen-bond acceptors (Lipinski definition) is 2. The van der Waals surface area contributed by atoms with Crippen LogP contribution >= 0.6 is 0 Å². The van der Waals surface area contributed by atoms with Gasteiger partial charge >= 0.3 is 0 Å². The Labute approximate surface area is 141 Å². The van der Waals surface area contributed by atoms with E-state index in [1.165, 1.54) is 0 Å². The summed E-state index contributed by atoms with van der Waals surface area (Å²) in [4.78, 5) is 24.5. The van der Waals surface area contributed by atoms with Crippen LogP contribution < -0.4 is 10.6 Å². The first kappa shape index (κ1) is 17.7. The second-order valence-corrected chi connectivity index (χ2v) is 6.04. The molecule has 0 fully saturated rings. The fourth-order valence-electron chi connectivity index (χ4n) is 2.14. The summed E-state index contributed by atoms with van der Waals surface area (Å²) < 4.78 is 13.8. The lowest BCUT2D eigenvalue weighted by atomic mass is 10.0. The van der Waals surface area contributed by atoms with E-state index in [1.807, 2.05) is 36.4 Å². The molecule has 126 valence electrons. The molecule has 0 radical (unpaired) electrons. The Bertz CT molecular complexity index is 682. The number of halogens is 1. The van der Waals surface area contributed by atoms with Gasteiger partial charge < -0.3 is 10.6 Å². The Morgan fingerprint density at radius 1 is 1.00 bits per heavy atom. The minimum Gasteiger partial charge on any atom is -0.341 e. The highest BCUT2D eigenvalue weighted by atomic mass is 19.1. The fourth-order valence-corrected chi connectivity index (χ4v) is 2.14. The molecule has 4 nitrogen and oxygen atoms in total. The number of amides is 2. The molecular formula is C19H21FN2O2. The summed E-state index contributed by atoms with van der Waals surface area (Å²) in [5, 5.41) is 5.24. The number of nitrogens with one attached hydrogen (secondary N) is 2. The molecule has 0 aromatic heterocycles. The Balaban J connectivity index is 2.15. The van der Waals surface area contributed by atoms with E-state index < -0.39 is 17.6 Å². The van der Waals surface area contributed by atoms with Crippen molar-refractivity contribution in [1.82, 2.24) is 5.32 Å². The Morgan fingerprint density at radius 2 is 1.54 bits per heavy atom. The molecule has 0 bridgehead atoms. The van der Waals surface area contributed by atoms with Crippen LogP contribution in [0.3, 0.4) is 0 Å². The van der Waals surface area contributed by atoms with Crippen molar-refractivity contribution in [3.63, 3.8) is 0 Å². The molecule has 2 rings (SSSR count). The molecule has 1 atom stereocenters. The monoisotopic (exact) mass is 328 g/mol. The zero-order valence-electron chi connectivity index (χ0n) is 13.8. The van der Waals surface area contributed by atoms with E-state index >= 15 is 0 Å².